The first-order chi connectivity index (χ1) is 12.7. The molecule has 1 heterocycles. The molecule has 5 heteroatoms. The van der Waals surface area contributed by atoms with E-state index in [4.69, 9.17) is 32.5 Å². The minimum Gasteiger partial charge on any atom is -0.489 e. The van der Waals surface area contributed by atoms with E-state index in [2.05, 4.69) is 18.1 Å². The Morgan fingerprint density at radius 2 is 1.73 bits per heavy atom. The van der Waals surface area contributed by atoms with Crippen molar-refractivity contribution in [3.05, 3.63) is 81.2 Å². The number of benzene rings is 2. The summed E-state index contributed by atoms with van der Waals surface area (Å²) in [5, 5.41) is 5.62. The Morgan fingerprint density at radius 1 is 1.00 bits per heavy atom. The summed E-state index contributed by atoms with van der Waals surface area (Å²) >= 11 is 12.6. The van der Waals surface area contributed by atoms with Crippen LogP contribution in [0.4, 0.5) is 0 Å². The predicted octanol–water partition coefficient (Wildman–Crippen LogP) is 6.10. The molecule has 0 aliphatic rings. The summed E-state index contributed by atoms with van der Waals surface area (Å²) in [5.74, 6) is 1.68. The minimum absolute atomic E-state index is 0.425. The van der Waals surface area contributed by atoms with E-state index in [9.17, 15) is 0 Å². The standard InChI is InChI=1S/C21H20Cl2NO2/c1-2-7-21-17(14-25-15-8-4-3-5-9-15)20(24-26-21)13-12-16-18(22)10-6-11-19(16)23/h4-6,8-11H,2,7,12-14H2,1H3. The van der Waals surface area contributed by atoms with Crippen LogP contribution in [0.3, 0.4) is 0 Å². The summed E-state index contributed by atoms with van der Waals surface area (Å²) < 4.78 is 11.5. The normalized spacial score (nSPS) is 10.9. The van der Waals surface area contributed by atoms with Gasteiger partial charge in [-0.05, 0) is 55.2 Å². The van der Waals surface area contributed by atoms with Gasteiger partial charge in [0.15, 0.2) is 0 Å². The summed E-state index contributed by atoms with van der Waals surface area (Å²) in [5.41, 5.74) is 2.84. The highest BCUT2D eigenvalue weighted by Gasteiger charge is 2.17. The minimum atomic E-state index is 0.425. The fraction of sp³-hybridized carbons (Fsp3) is 0.286. The Hall–Kier alpha value is -1.97. The van der Waals surface area contributed by atoms with Crippen molar-refractivity contribution in [2.45, 2.75) is 39.2 Å². The van der Waals surface area contributed by atoms with Gasteiger partial charge in [0.05, 0.1) is 11.3 Å². The average Bonchev–Trinajstić information content (AvgIpc) is 3.02. The van der Waals surface area contributed by atoms with Crippen LogP contribution in [-0.2, 0) is 25.9 Å². The molecule has 2 aromatic carbocycles. The molecule has 0 N–H and O–H groups in total. The van der Waals surface area contributed by atoms with Crippen molar-refractivity contribution < 1.29 is 9.26 Å². The molecule has 3 rings (SSSR count). The van der Waals surface area contributed by atoms with Gasteiger partial charge in [-0.25, -0.2) is 0 Å². The third-order valence-electron chi connectivity index (χ3n) is 4.17. The van der Waals surface area contributed by atoms with E-state index in [1.807, 2.05) is 42.5 Å². The molecule has 135 valence electrons. The maximum absolute atomic E-state index is 6.28. The molecule has 0 aliphatic carbocycles. The number of rotatable bonds is 8. The van der Waals surface area contributed by atoms with Gasteiger partial charge in [-0.2, -0.15) is 0 Å². The number of ether oxygens (including phenoxy) is 1. The van der Waals surface area contributed by atoms with Crippen LogP contribution < -0.4 is 4.74 Å². The zero-order valence-electron chi connectivity index (χ0n) is 14.6. The Labute approximate surface area is 163 Å². The van der Waals surface area contributed by atoms with Crippen molar-refractivity contribution in [3.8, 4) is 5.75 Å². The fourth-order valence-corrected chi connectivity index (χ4v) is 3.39. The van der Waals surface area contributed by atoms with Gasteiger partial charge in [-0.15, -0.1) is 0 Å². The van der Waals surface area contributed by atoms with Crippen molar-refractivity contribution >= 4 is 23.2 Å². The van der Waals surface area contributed by atoms with Crippen molar-refractivity contribution in [3.63, 3.8) is 0 Å². The molecule has 0 aliphatic heterocycles. The third kappa shape index (κ3) is 4.60. The number of aryl methyl sites for hydroxylation is 2. The van der Waals surface area contributed by atoms with Crippen LogP contribution in [0.15, 0.2) is 47.0 Å². The summed E-state index contributed by atoms with van der Waals surface area (Å²) in [6, 6.07) is 16.0. The highest BCUT2D eigenvalue weighted by molar-refractivity contribution is 6.35. The first kappa shape index (κ1) is 18.8. The highest BCUT2D eigenvalue weighted by Crippen LogP contribution is 2.27. The topological polar surface area (TPSA) is 35.3 Å². The summed E-state index contributed by atoms with van der Waals surface area (Å²) in [6.45, 7) is 2.54. The summed E-state index contributed by atoms with van der Waals surface area (Å²) in [6.07, 6.45) is 3.21. The first-order valence-corrected chi connectivity index (χ1v) is 9.42. The molecule has 0 saturated heterocycles. The van der Waals surface area contributed by atoms with E-state index < -0.39 is 0 Å². The number of nitrogens with zero attached hydrogens (tertiary/aromatic N) is 1. The van der Waals surface area contributed by atoms with Gasteiger partial charge in [0.1, 0.15) is 18.1 Å². The molecule has 0 unspecified atom stereocenters. The number of hydrogen-bond acceptors (Lipinski definition) is 3. The van der Waals surface area contributed by atoms with Crippen molar-refractivity contribution in [1.29, 1.82) is 0 Å². The lowest BCUT2D eigenvalue weighted by atomic mass is 10.0. The fourth-order valence-electron chi connectivity index (χ4n) is 2.80. The van der Waals surface area contributed by atoms with E-state index in [0.29, 0.717) is 29.5 Å². The van der Waals surface area contributed by atoms with E-state index in [1.54, 1.807) is 0 Å². The van der Waals surface area contributed by atoms with Gasteiger partial charge in [0.25, 0.3) is 0 Å². The quantitative estimate of drug-likeness (QED) is 0.467. The Bertz CT molecular complexity index is 826. The second-order valence-electron chi connectivity index (χ2n) is 6.01. The van der Waals surface area contributed by atoms with Crippen LogP contribution in [0.1, 0.15) is 35.9 Å². The first-order valence-electron chi connectivity index (χ1n) is 8.67. The van der Waals surface area contributed by atoms with Crippen LogP contribution in [0, 0.1) is 6.07 Å². The number of hydrogen-bond donors (Lipinski definition) is 0. The second kappa shape index (κ2) is 9.11. The van der Waals surface area contributed by atoms with Crippen LogP contribution in [0.2, 0.25) is 10.0 Å². The smallest absolute Gasteiger partial charge is 0.143 e. The molecule has 1 radical (unpaired) electrons. The van der Waals surface area contributed by atoms with Crippen molar-refractivity contribution in [2.24, 2.45) is 0 Å². The SMILES string of the molecule is CCCc1onc(CCc2c(Cl)cccc2Cl)c1COc1cc[c]cc1. The molecule has 1 aromatic heterocycles. The zero-order valence-corrected chi connectivity index (χ0v) is 16.1. The lowest BCUT2D eigenvalue weighted by Gasteiger charge is -2.09. The molecule has 0 saturated carbocycles. The Balaban J connectivity index is 1.76. The monoisotopic (exact) mass is 388 g/mol. The lowest BCUT2D eigenvalue weighted by Crippen LogP contribution is -2.03. The molecule has 0 spiro atoms. The van der Waals surface area contributed by atoms with E-state index in [1.165, 1.54) is 0 Å². The lowest BCUT2D eigenvalue weighted by molar-refractivity contribution is 0.300. The molecule has 3 nitrogen and oxygen atoms in total. The summed E-state index contributed by atoms with van der Waals surface area (Å²) in [4.78, 5) is 0. The maximum Gasteiger partial charge on any atom is 0.143 e. The molecule has 0 bridgehead atoms. The van der Waals surface area contributed by atoms with Gasteiger partial charge in [0, 0.05) is 16.5 Å². The molecular weight excluding hydrogens is 369 g/mol. The van der Waals surface area contributed by atoms with Gasteiger partial charge >= 0.3 is 0 Å². The Morgan fingerprint density at radius 3 is 2.42 bits per heavy atom. The second-order valence-corrected chi connectivity index (χ2v) is 6.82. The van der Waals surface area contributed by atoms with Crippen LogP contribution in [0.25, 0.3) is 0 Å². The van der Waals surface area contributed by atoms with Gasteiger partial charge in [0.2, 0.25) is 0 Å². The highest BCUT2D eigenvalue weighted by atomic mass is 35.5. The van der Waals surface area contributed by atoms with Crippen LogP contribution in [-0.4, -0.2) is 5.16 Å². The van der Waals surface area contributed by atoms with Gasteiger partial charge < -0.3 is 9.26 Å². The van der Waals surface area contributed by atoms with Gasteiger partial charge in [-0.3, -0.25) is 0 Å². The van der Waals surface area contributed by atoms with Crippen molar-refractivity contribution in [2.75, 3.05) is 0 Å². The zero-order chi connectivity index (χ0) is 18.4. The molecule has 0 atom stereocenters. The summed E-state index contributed by atoms with van der Waals surface area (Å²) in [7, 11) is 0. The third-order valence-corrected chi connectivity index (χ3v) is 4.88. The van der Waals surface area contributed by atoms with Crippen LogP contribution in [0.5, 0.6) is 5.75 Å². The number of aromatic nitrogens is 1. The van der Waals surface area contributed by atoms with E-state index in [-0.39, 0.29) is 0 Å². The molecule has 3 aromatic rings. The molecular formula is C21H20Cl2NO2. The van der Waals surface area contributed by atoms with Gasteiger partial charge in [-0.1, -0.05) is 53.5 Å². The van der Waals surface area contributed by atoms with Crippen LogP contribution >= 0.6 is 23.2 Å². The molecule has 0 fully saturated rings. The predicted molar refractivity (Wildman–Crippen MR) is 104 cm³/mol. The number of halogens is 2. The van der Waals surface area contributed by atoms with Crippen molar-refractivity contribution in [1.82, 2.24) is 5.16 Å². The molecule has 26 heavy (non-hydrogen) atoms. The van der Waals surface area contributed by atoms with E-state index >= 15 is 0 Å². The largest absolute Gasteiger partial charge is 0.489 e. The Kier molecular flexibility index (Phi) is 6.59. The molecule has 0 amide bonds. The average molecular weight is 389 g/mol. The maximum atomic E-state index is 6.28. The van der Waals surface area contributed by atoms with E-state index in [0.717, 1.165) is 41.2 Å².